The second-order valence-electron chi connectivity index (χ2n) is 3.36. The number of para-hydroxylation sites is 4. The van der Waals surface area contributed by atoms with E-state index in [1.807, 2.05) is 0 Å². The van der Waals surface area contributed by atoms with Gasteiger partial charge in [-0.15, -0.1) is 0 Å². The first-order valence-corrected chi connectivity index (χ1v) is 6.21. The molecule has 0 heterocycles. The molecule has 2 rings (SSSR count). The summed E-state index contributed by atoms with van der Waals surface area (Å²) >= 11 is 0. The standard InChI is InChI=1S/C12H11O5P/c13-9-5-1-3-7-11(9)16-18(15)17-12-8-4-2-6-10(12)14/h1-8,13-15H. The van der Waals surface area contributed by atoms with E-state index in [2.05, 4.69) is 0 Å². The number of phenolic OH excluding ortho intramolecular Hbond substituents is 2. The van der Waals surface area contributed by atoms with Gasteiger partial charge in [-0.3, -0.25) is 0 Å². The Morgan fingerprint density at radius 1 is 0.722 bits per heavy atom. The molecular formula is C12H11O5P. The highest BCUT2D eigenvalue weighted by Crippen LogP contribution is 2.42. The van der Waals surface area contributed by atoms with E-state index in [1.165, 1.54) is 24.3 Å². The molecule has 0 saturated carbocycles. The molecule has 94 valence electrons. The Morgan fingerprint density at radius 3 is 1.50 bits per heavy atom. The summed E-state index contributed by atoms with van der Waals surface area (Å²) < 4.78 is 10.1. The van der Waals surface area contributed by atoms with Gasteiger partial charge < -0.3 is 24.2 Å². The van der Waals surface area contributed by atoms with Crippen LogP contribution in [-0.2, 0) is 0 Å². The number of benzene rings is 2. The van der Waals surface area contributed by atoms with E-state index in [9.17, 15) is 15.1 Å². The molecule has 0 saturated heterocycles. The second kappa shape index (κ2) is 5.58. The minimum atomic E-state index is -2.29. The molecule has 0 aromatic heterocycles. The monoisotopic (exact) mass is 266 g/mol. The van der Waals surface area contributed by atoms with Gasteiger partial charge in [0, 0.05) is 0 Å². The first kappa shape index (κ1) is 12.5. The van der Waals surface area contributed by atoms with Gasteiger partial charge in [0.15, 0.2) is 23.0 Å². The summed E-state index contributed by atoms with van der Waals surface area (Å²) in [5, 5.41) is 18.9. The zero-order valence-electron chi connectivity index (χ0n) is 9.22. The molecule has 0 amide bonds. The summed E-state index contributed by atoms with van der Waals surface area (Å²) in [5.74, 6) is 0.0305. The summed E-state index contributed by atoms with van der Waals surface area (Å²) in [7, 11) is -2.29. The Labute approximate surface area is 105 Å². The molecule has 2 aromatic carbocycles. The van der Waals surface area contributed by atoms with Crippen LogP contribution in [0.25, 0.3) is 0 Å². The SMILES string of the molecule is Oc1ccccc1OP(O)Oc1ccccc1O. The van der Waals surface area contributed by atoms with Crippen molar-refractivity contribution in [2.24, 2.45) is 0 Å². The van der Waals surface area contributed by atoms with E-state index in [0.29, 0.717) is 0 Å². The van der Waals surface area contributed by atoms with Gasteiger partial charge in [0.2, 0.25) is 0 Å². The van der Waals surface area contributed by atoms with Crippen LogP contribution in [0.2, 0.25) is 0 Å². The van der Waals surface area contributed by atoms with Crippen molar-refractivity contribution in [2.45, 2.75) is 0 Å². The van der Waals surface area contributed by atoms with Gasteiger partial charge >= 0.3 is 8.60 Å². The van der Waals surface area contributed by atoms with Gasteiger partial charge in [0.05, 0.1) is 0 Å². The van der Waals surface area contributed by atoms with Crippen LogP contribution in [0.5, 0.6) is 23.0 Å². The molecule has 0 fully saturated rings. The molecule has 0 radical (unpaired) electrons. The summed E-state index contributed by atoms with van der Waals surface area (Å²) in [5.41, 5.74) is 0. The fourth-order valence-electron chi connectivity index (χ4n) is 1.26. The zero-order valence-corrected chi connectivity index (χ0v) is 10.1. The molecule has 2 aromatic rings. The van der Waals surface area contributed by atoms with Crippen molar-refractivity contribution in [2.75, 3.05) is 0 Å². The van der Waals surface area contributed by atoms with Crippen molar-refractivity contribution in [1.82, 2.24) is 0 Å². The molecule has 0 aliphatic rings. The van der Waals surface area contributed by atoms with Crippen molar-refractivity contribution in [3.63, 3.8) is 0 Å². The Kier molecular flexibility index (Phi) is 3.87. The van der Waals surface area contributed by atoms with Gasteiger partial charge in [-0.2, -0.15) is 0 Å². The molecule has 0 atom stereocenters. The summed E-state index contributed by atoms with van der Waals surface area (Å²) in [6.07, 6.45) is 0. The average molecular weight is 266 g/mol. The predicted octanol–water partition coefficient (Wildman–Crippen LogP) is 2.77. The van der Waals surface area contributed by atoms with Crippen LogP contribution < -0.4 is 9.05 Å². The Hall–Kier alpha value is -1.97. The maximum absolute atomic E-state index is 9.60. The van der Waals surface area contributed by atoms with Crippen molar-refractivity contribution >= 4 is 8.60 Å². The lowest BCUT2D eigenvalue weighted by atomic mass is 10.3. The van der Waals surface area contributed by atoms with Crippen LogP contribution >= 0.6 is 8.60 Å². The molecule has 3 N–H and O–H groups in total. The van der Waals surface area contributed by atoms with Crippen LogP contribution in [0.15, 0.2) is 48.5 Å². The first-order chi connectivity index (χ1) is 8.66. The van der Waals surface area contributed by atoms with Crippen molar-refractivity contribution in [3.8, 4) is 23.0 Å². The van der Waals surface area contributed by atoms with E-state index in [1.54, 1.807) is 24.3 Å². The van der Waals surface area contributed by atoms with Gasteiger partial charge in [0.1, 0.15) is 0 Å². The normalized spacial score (nSPS) is 10.3. The van der Waals surface area contributed by atoms with Crippen LogP contribution in [0.3, 0.4) is 0 Å². The minimum Gasteiger partial charge on any atom is -0.504 e. The number of phenols is 2. The largest absolute Gasteiger partial charge is 0.504 e. The Balaban J connectivity index is 2.04. The third kappa shape index (κ3) is 3.03. The summed E-state index contributed by atoms with van der Waals surface area (Å²) in [4.78, 5) is 9.60. The lowest BCUT2D eigenvalue weighted by Gasteiger charge is -2.13. The lowest BCUT2D eigenvalue weighted by molar-refractivity contribution is 0.355. The number of aromatic hydroxyl groups is 2. The minimum absolute atomic E-state index is 0.0973. The number of hydrogen-bond donors (Lipinski definition) is 3. The van der Waals surface area contributed by atoms with Gasteiger partial charge in [-0.05, 0) is 24.3 Å². The lowest BCUT2D eigenvalue weighted by Crippen LogP contribution is -1.94. The predicted molar refractivity (Wildman–Crippen MR) is 66.6 cm³/mol. The zero-order chi connectivity index (χ0) is 13.0. The van der Waals surface area contributed by atoms with Crippen LogP contribution in [-0.4, -0.2) is 15.1 Å². The van der Waals surface area contributed by atoms with Crippen LogP contribution in [0, 0.1) is 0 Å². The second-order valence-corrected chi connectivity index (χ2v) is 4.20. The smallest absolute Gasteiger partial charge is 0.460 e. The van der Waals surface area contributed by atoms with E-state index in [0.717, 1.165) is 0 Å². The topological polar surface area (TPSA) is 79.2 Å². The average Bonchev–Trinajstić information content (AvgIpc) is 2.35. The fraction of sp³-hybridized carbons (Fsp3) is 0. The maximum Gasteiger partial charge on any atom is 0.460 e. The molecule has 0 bridgehead atoms. The van der Waals surface area contributed by atoms with E-state index < -0.39 is 8.60 Å². The molecule has 6 heteroatoms. The summed E-state index contributed by atoms with van der Waals surface area (Å²) in [6.45, 7) is 0. The highest BCUT2D eigenvalue weighted by molar-refractivity contribution is 7.41. The van der Waals surface area contributed by atoms with E-state index in [4.69, 9.17) is 9.05 Å². The van der Waals surface area contributed by atoms with Crippen molar-refractivity contribution < 1.29 is 24.2 Å². The number of hydrogen-bond acceptors (Lipinski definition) is 5. The third-order valence-corrected chi connectivity index (χ3v) is 2.79. The van der Waals surface area contributed by atoms with Crippen molar-refractivity contribution in [1.29, 1.82) is 0 Å². The Bertz CT molecular complexity index is 484. The van der Waals surface area contributed by atoms with Gasteiger partial charge in [0.25, 0.3) is 0 Å². The summed E-state index contributed by atoms with van der Waals surface area (Å²) in [6, 6.07) is 12.4. The Morgan fingerprint density at radius 2 is 1.11 bits per heavy atom. The molecule has 0 spiro atoms. The van der Waals surface area contributed by atoms with E-state index in [-0.39, 0.29) is 23.0 Å². The van der Waals surface area contributed by atoms with E-state index >= 15 is 0 Å². The molecule has 18 heavy (non-hydrogen) atoms. The molecule has 0 unspecified atom stereocenters. The molecular weight excluding hydrogens is 255 g/mol. The van der Waals surface area contributed by atoms with Crippen LogP contribution in [0.4, 0.5) is 0 Å². The fourth-order valence-corrected chi connectivity index (χ4v) is 1.94. The van der Waals surface area contributed by atoms with Gasteiger partial charge in [-0.1, -0.05) is 24.3 Å². The molecule has 0 aliphatic carbocycles. The van der Waals surface area contributed by atoms with Crippen molar-refractivity contribution in [3.05, 3.63) is 48.5 Å². The highest BCUT2D eigenvalue weighted by atomic mass is 31.2. The molecule has 0 aliphatic heterocycles. The van der Waals surface area contributed by atoms with Gasteiger partial charge in [-0.25, -0.2) is 0 Å². The molecule has 5 nitrogen and oxygen atoms in total. The first-order valence-electron chi connectivity index (χ1n) is 5.08. The maximum atomic E-state index is 9.60. The number of rotatable bonds is 4. The van der Waals surface area contributed by atoms with Crippen LogP contribution in [0.1, 0.15) is 0 Å². The quantitative estimate of drug-likeness (QED) is 0.741. The third-order valence-electron chi connectivity index (χ3n) is 2.08. The highest BCUT2D eigenvalue weighted by Gasteiger charge is 2.15.